The van der Waals surface area contributed by atoms with Crippen LogP contribution in [0.3, 0.4) is 0 Å². The fraction of sp³-hybridized carbons (Fsp3) is 0.650. The Hall–Kier alpha value is -1.47. The molecule has 0 radical (unpaired) electrons. The standard InChI is InChI=1S/C20H31FN2O3S/c1-19(2,3)14-20(4,5)22-18(24)15-9-10-16(21)17(13-15)27(25,26)23-11-7-6-8-12-23/h9-10,13H,6-8,11-12,14H2,1-5H3,(H,22,24). The fourth-order valence-corrected chi connectivity index (χ4v) is 5.44. The summed E-state index contributed by atoms with van der Waals surface area (Å²) in [6.07, 6.45) is 3.25. The minimum atomic E-state index is -3.94. The zero-order chi connectivity index (χ0) is 20.5. The van der Waals surface area contributed by atoms with Crippen molar-refractivity contribution in [2.24, 2.45) is 5.41 Å². The molecule has 1 N–H and O–H groups in total. The van der Waals surface area contributed by atoms with Gasteiger partial charge in [-0.1, -0.05) is 27.2 Å². The number of nitrogens with one attached hydrogen (secondary N) is 1. The first-order valence-electron chi connectivity index (χ1n) is 9.44. The van der Waals surface area contributed by atoms with Crippen molar-refractivity contribution in [1.82, 2.24) is 9.62 Å². The Balaban J connectivity index is 2.27. The summed E-state index contributed by atoms with van der Waals surface area (Å²) in [7, 11) is -3.94. The summed E-state index contributed by atoms with van der Waals surface area (Å²) in [5, 5.41) is 2.94. The average Bonchev–Trinajstić information content (AvgIpc) is 2.53. The number of nitrogens with zero attached hydrogens (tertiary/aromatic N) is 1. The third-order valence-corrected chi connectivity index (χ3v) is 6.46. The highest BCUT2D eigenvalue weighted by molar-refractivity contribution is 7.89. The molecule has 1 amide bonds. The molecule has 1 saturated heterocycles. The van der Waals surface area contributed by atoms with Crippen molar-refractivity contribution in [2.45, 2.75) is 70.7 Å². The first-order valence-corrected chi connectivity index (χ1v) is 10.9. The highest BCUT2D eigenvalue weighted by Crippen LogP contribution is 2.28. The molecular formula is C20H31FN2O3S. The Morgan fingerprint density at radius 3 is 2.26 bits per heavy atom. The molecule has 0 unspecified atom stereocenters. The van der Waals surface area contributed by atoms with Gasteiger partial charge in [0.2, 0.25) is 10.0 Å². The SMILES string of the molecule is CC(C)(C)CC(C)(C)NC(=O)c1ccc(F)c(S(=O)(=O)N2CCCCC2)c1. The number of hydrogen-bond donors (Lipinski definition) is 1. The Labute approximate surface area is 162 Å². The van der Waals surface area contributed by atoms with Crippen LogP contribution in [0.5, 0.6) is 0 Å². The molecule has 1 heterocycles. The zero-order valence-corrected chi connectivity index (χ0v) is 17.7. The minimum Gasteiger partial charge on any atom is -0.347 e. The van der Waals surface area contributed by atoms with Crippen molar-refractivity contribution in [3.05, 3.63) is 29.6 Å². The number of sulfonamides is 1. The van der Waals surface area contributed by atoms with E-state index >= 15 is 0 Å². The maximum absolute atomic E-state index is 14.3. The number of benzene rings is 1. The van der Waals surface area contributed by atoms with Crippen LogP contribution < -0.4 is 5.32 Å². The molecule has 0 aliphatic carbocycles. The van der Waals surface area contributed by atoms with Gasteiger partial charge in [0.05, 0.1) is 0 Å². The van der Waals surface area contributed by atoms with Gasteiger partial charge in [0.1, 0.15) is 10.7 Å². The third kappa shape index (κ3) is 5.75. The lowest BCUT2D eigenvalue weighted by atomic mass is 9.81. The van der Waals surface area contributed by atoms with Gasteiger partial charge < -0.3 is 5.32 Å². The fourth-order valence-electron chi connectivity index (χ4n) is 3.84. The van der Waals surface area contributed by atoms with E-state index in [9.17, 15) is 17.6 Å². The second-order valence-corrected chi connectivity index (χ2v) is 11.1. The molecule has 0 saturated carbocycles. The van der Waals surface area contributed by atoms with Crippen molar-refractivity contribution >= 4 is 15.9 Å². The molecule has 2 rings (SSSR count). The number of piperidine rings is 1. The molecule has 1 fully saturated rings. The molecule has 0 spiro atoms. The third-order valence-electron chi connectivity index (χ3n) is 4.55. The quantitative estimate of drug-likeness (QED) is 0.817. The van der Waals surface area contributed by atoms with E-state index in [1.54, 1.807) is 0 Å². The van der Waals surface area contributed by atoms with Gasteiger partial charge in [0.25, 0.3) is 5.91 Å². The van der Waals surface area contributed by atoms with Gasteiger partial charge in [-0.25, -0.2) is 12.8 Å². The van der Waals surface area contributed by atoms with Crippen molar-refractivity contribution in [1.29, 1.82) is 0 Å². The number of hydrogen-bond acceptors (Lipinski definition) is 3. The molecule has 0 aromatic heterocycles. The predicted octanol–water partition coefficient (Wildman–Crippen LogP) is 3.94. The smallest absolute Gasteiger partial charge is 0.251 e. The Bertz CT molecular complexity index is 792. The molecule has 152 valence electrons. The molecule has 5 nitrogen and oxygen atoms in total. The van der Waals surface area contributed by atoms with E-state index in [0.29, 0.717) is 13.1 Å². The van der Waals surface area contributed by atoms with E-state index in [1.807, 2.05) is 13.8 Å². The van der Waals surface area contributed by atoms with E-state index in [4.69, 9.17) is 0 Å². The van der Waals surface area contributed by atoms with E-state index in [2.05, 4.69) is 26.1 Å². The number of carbonyl (C=O) groups is 1. The van der Waals surface area contributed by atoms with Gasteiger partial charge in [-0.05, 0) is 56.7 Å². The molecule has 0 bridgehead atoms. The monoisotopic (exact) mass is 398 g/mol. The maximum Gasteiger partial charge on any atom is 0.251 e. The number of halogens is 1. The highest BCUT2D eigenvalue weighted by atomic mass is 32.2. The van der Waals surface area contributed by atoms with Crippen LogP contribution in [0.1, 0.15) is 70.7 Å². The summed E-state index contributed by atoms with van der Waals surface area (Å²) in [6, 6.07) is 3.54. The van der Waals surface area contributed by atoms with Crippen molar-refractivity contribution in [3.8, 4) is 0 Å². The van der Waals surface area contributed by atoms with Gasteiger partial charge >= 0.3 is 0 Å². The average molecular weight is 399 g/mol. The summed E-state index contributed by atoms with van der Waals surface area (Å²) >= 11 is 0. The van der Waals surface area contributed by atoms with Gasteiger partial charge in [0.15, 0.2) is 0 Å². The van der Waals surface area contributed by atoms with Crippen molar-refractivity contribution in [3.63, 3.8) is 0 Å². The molecule has 27 heavy (non-hydrogen) atoms. The summed E-state index contributed by atoms with van der Waals surface area (Å²) in [5.41, 5.74) is -0.313. The lowest BCUT2D eigenvalue weighted by Crippen LogP contribution is -2.45. The van der Waals surface area contributed by atoms with Gasteiger partial charge in [0, 0.05) is 24.2 Å². The van der Waals surface area contributed by atoms with Gasteiger partial charge in [-0.3, -0.25) is 4.79 Å². The maximum atomic E-state index is 14.3. The lowest BCUT2D eigenvalue weighted by Gasteiger charge is -2.33. The molecule has 1 aromatic rings. The second-order valence-electron chi connectivity index (χ2n) is 9.19. The minimum absolute atomic E-state index is 0.0162. The van der Waals surface area contributed by atoms with Crippen LogP contribution >= 0.6 is 0 Å². The van der Waals surface area contributed by atoms with Crippen LogP contribution in [-0.2, 0) is 10.0 Å². The summed E-state index contributed by atoms with van der Waals surface area (Å²) in [6.45, 7) is 10.9. The van der Waals surface area contributed by atoms with Crippen LogP contribution in [0.15, 0.2) is 23.1 Å². The summed E-state index contributed by atoms with van der Waals surface area (Å²) in [4.78, 5) is 12.2. The normalized spacial score (nSPS) is 17.0. The molecule has 7 heteroatoms. The molecule has 1 aliphatic heterocycles. The Kier molecular flexibility index (Phi) is 6.37. The first kappa shape index (κ1) is 21.8. The van der Waals surface area contributed by atoms with Crippen molar-refractivity contribution < 1.29 is 17.6 Å². The molecule has 1 aliphatic rings. The number of amides is 1. The zero-order valence-electron chi connectivity index (χ0n) is 16.9. The van der Waals surface area contributed by atoms with Crippen LogP contribution in [-0.4, -0.2) is 37.3 Å². The van der Waals surface area contributed by atoms with Crippen LogP contribution in [0, 0.1) is 11.2 Å². The Morgan fingerprint density at radius 2 is 1.70 bits per heavy atom. The summed E-state index contributed by atoms with van der Waals surface area (Å²) in [5.74, 6) is -1.23. The van der Waals surface area contributed by atoms with Crippen LogP contribution in [0.25, 0.3) is 0 Å². The first-order chi connectivity index (χ1) is 12.3. The number of carbonyl (C=O) groups excluding carboxylic acids is 1. The highest BCUT2D eigenvalue weighted by Gasteiger charge is 2.31. The van der Waals surface area contributed by atoms with E-state index in [0.717, 1.165) is 37.8 Å². The van der Waals surface area contributed by atoms with E-state index < -0.39 is 32.2 Å². The van der Waals surface area contributed by atoms with Gasteiger partial charge in [-0.15, -0.1) is 0 Å². The summed E-state index contributed by atoms with van der Waals surface area (Å²) < 4.78 is 41.2. The molecular weight excluding hydrogens is 367 g/mol. The molecule has 1 aromatic carbocycles. The number of rotatable bonds is 5. The lowest BCUT2D eigenvalue weighted by molar-refractivity contribution is 0.0891. The van der Waals surface area contributed by atoms with Gasteiger partial charge in [-0.2, -0.15) is 4.31 Å². The predicted molar refractivity (Wildman–Crippen MR) is 105 cm³/mol. The Morgan fingerprint density at radius 1 is 1.11 bits per heavy atom. The second kappa shape index (κ2) is 7.87. The van der Waals surface area contributed by atoms with E-state index in [1.165, 1.54) is 10.4 Å². The van der Waals surface area contributed by atoms with Crippen molar-refractivity contribution in [2.75, 3.05) is 13.1 Å². The largest absolute Gasteiger partial charge is 0.347 e. The van der Waals surface area contributed by atoms with Crippen LogP contribution in [0.2, 0.25) is 0 Å². The van der Waals surface area contributed by atoms with E-state index in [-0.39, 0.29) is 11.0 Å². The molecule has 0 atom stereocenters. The topological polar surface area (TPSA) is 66.5 Å². The van der Waals surface area contributed by atoms with Crippen LogP contribution in [0.4, 0.5) is 4.39 Å².